The zero-order valence-electron chi connectivity index (χ0n) is 16.6. The summed E-state index contributed by atoms with van der Waals surface area (Å²) in [5.41, 5.74) is 6.66. The molecule has 0 aromatic heterocycles. The lowest BCUT2D eigenvalue weighted by Gasteiger charge is -2.46. The molecule has 2 aromatic rings. The smallest absolute Gasteiger partial charge is 0.243 e. The van der Waals surface area contributed by atoms with Crippen LogP contribution in [0.5, 0.6) is 0 Å². The molecule has 27 heavy (non-hydrogen) atoms. The fourth-order valence-corrected chi connectivity index (χ4v) is 6.46. The summed E-state index contributed by atoms with van der Waals surface area (Å²) in [6, 6.07) is 11.0. The van der Waals surface area contributed by atoms with E-state index in [0.29, 0.717) is 24.0 Å². The van der Waals surface area contributed by atoms with Crippen LogP contribution in [0.15, 0.2) is 35.2 Å². The molecular weight excluding hydrogens is 356 g/mol. The summed E-state index contributed by atoms with van der Waals surface area (Å²) in [4.78, 5) is 2.96. The van der Waals surface area contributed by atoms with Crippen molar-refractivity contribution in [1.29, 1.82) is 0 Å². The van der Waals surface area contributed by atoms with Crippen molar-refractivity contribution in [3.8, 4) is 0 Å². The predicted molar refractivity (Wildman–Crippen MR) is 108 cm³/mol. The third-order valence-electron chi connectivity index (χ3n) is 6.40. The maximum Gasteiger partial charge on any atom is 0.243 e. The maximum atomic E-state index is 13.3. The van der Waals surface area contributed by atoms with E-state index in [1.807, 2.05) is 27.7 Å². The maximum absolute atomic E-state index is 13.3. The molecule has 2 aliphatic heterocycles. The van der Waals surface area contributed by atoms with Crippen LogP contribution in [0.4, 0.5) is 0 Å². The molecule has 0 saturated carbocycles. The summed E-state index contributed by atoms with van der Waals surface area (Å²) in [6.45, 7) is 11.0. The van der Waals surface area contributed by atoms with E-state index >= 15 is 0 Å². The van der Waals surface area contributed by atoms with Gasteiger partial charge in [0.05, 0.1) is 4.90 Å². The molecule has 0 atom stereocenters. The Labute approximate surface area is 162 Å². The second kappa shape index (κ2) is 6.73. The Bertz CT molecular complexity index is 965. The SMILES string of the molecule is Cc1cc(C)c(C)c(S(=O)(=O)N2CC(N3CCc4ccccc4C3)C2)c1C. The Morgan fingerprint density at radius 3 is 2.15 bits per heavy atom. The molecule has 2 aliphatic rings. The van der Waals surface area contributed by atoms with Crippen LogP contribution in [-0.2, 0) is 23.0 Å². The van der Waals surface area contributed by atoms with Crippen molar-refractivity contribution in [1.82, 2.24) is 9.21 Å². The summed E-state index contributed by atoms with van der Waals surface area (Å²) < 4.78 is 28.2. The van der Waals surface area contributed by atoms with E-state index in [4.69, 9.17) is 0 Å². The van der Waals surface area contributed by atoms with Crippen LogP contribution in [0.2, 0.25) is 0 Å². The van der Waals surface area contributed by atoms with E-state index in [1.54, 1.807) is 4.31 Å². The Balaban J connectivity index is 1.52. The first kappa shape index (κ1) is 18.7. The summed E-state index contributed by atoms with van der Waals surface area (Å²) in [5.74, 6) is 0. The van der Waals surface area contributed by atoms with Gasteiger partial charge in [0.15, 0.2) is 0 Å². The first-order valence-corrected chi connectivity index (χ1v) is 11.1. The number of sulfonamides is 1. The van der Waals surface area contributed by atoms with Crippen molar-refractivity contribution in [2.24, 2.45) is 0 Å². The number of fused-ring (bicyclic) bond motifs is 1. The van der Waals surface area contributed by atoms with Crippen molar-refractivity contribution in [3.05, 3.63) is 63.7 Å². The van der Waals surface area contributed by atoms with Crippen molar-refractivity contribution >= 4 is 10.0 Å². The van der Waals surface area contributed by atoms with Gasteiger partial charge in [-0.3, -0.25) is 4.90 Å². The van der Waals surface area contributed by atoms with E-state index < -0.39 is 10.0 Å². The first-order valence-electron chi connectivity index (χ1n) is 9.67. The fourth-order valence-electron chi connectivity index (χ4n) is 4.37. The van der Waals surface area contributed by atoms with Crippen LogP contribution in [-0.4, -0.2) is 43.3 Å². The van der Waals surface area contributed by atoms with Gasteiger partial charge >= 0.3 is 0 Å². The molecule has 1 fully saturated rings. The molecule has 2 aromatic carbocycles. The van der Waals surface area contributed by atoms with Gasteiger partial charge in [-0.1, -0.05) is 30.3 Å². The summed E-state index contributed by atoms with van der Waals surface area (Å²) >= 11 is 0. The molecule has 0 amide bonds. The molecule has 0 aliphatic carbocycles. The first-order chi connectivity index (χ1) is 12.8. The van der Waals surface area contributed by atoms with Gasteiger partial charge < -0.3 is 0 Å². The van der Waals surface area contributed by atoms with Gasteiger partial charge in [-0.2, -0.15) is 4.31 Å². The lowest BCUT2D eigenvalue weighted by atomic mass is 9.97. The highest BCUT2D eigenvalue weighted by Gasteiger charge is 2.41. The van der Waals surface area contributed by atoms with Gasteiger partial charge in [0.1, 0.15) is 0 Å². The Morgan fingerprint density at radius 2 is 1.52 bits per heavy atom. The van der Waals surface area contributed by atoms with E-state index in [-0.39, 0.29) is 0 Å². The van der Waals surface area contributed by atoms with Gasteiger partial charge in [-0.25, -0.2) is 8.42 Å². The second-order valence-electron chi connectivity index (χ2n) is 8.05. The van der Waals surface area contributed by atoms with E-state index in [2.05, 4.69) is 35.2 Å². The summed E-state index contributed by atoms with van der Waals surface area (Å²) in [7, 11) is -3.43. The van der Waals surface area contributed by atoms with Crippen LogP contribution in [0.3, 0.4) is 0 Å². The molecule has 4 rings (SSSR count). The number of hydrogen-bond acceptors (Lipinski definition) is 3. The van der Waals surface area contributed by atoms with E-state index in [0.717, 1.165) is 41.8 Å². The van der Waals surface area contributed by atoms with Gasteiger partial charge in [-0.05, 0) is 67.5 Å². The highest BCUT2D eigenvalue weighted by molar-refractivity contribution is 7.89. The zero-order chi connectivity index (χ0) is 19.3. The lowest BCUT2D eigenvalue weighted by molar-refractivity contribution is 0.0768. The lowest BCUT2D eigenvalue weighted by Crippen LogP contribution is -2.61. The average Bonchev–Trinajstić information content (AvgIpc) is 2.58. The number of hydrogen-bond donors (Lipinski definition) is 0. The van der Waals surface area contributed by atoms with Crippen molar-refractivity contribution in [3.63, 3.8) is 0 Å². The van der Waals surface area contributed by atoms with Crippen LogP contribution in [0.1, 0.15) is 33.4 Å². The molecule has 4 nitrogen and oxygen atoms in total. The predicted octanol–water partition coefficient (Wildman–Crippen LogP) is 3.35. The Hall–Kier alpha value is -1.69. The third-order valence-corrected chi connectivity index (χ3v) is 8.51. The molecule has 0 N–H and O–H groups in total. The Morgan fingerprint density at radius 1 is 0.926 bits per heavy atom. The second-order valence-corrected chi connectivity index (χ2v) is 9.93. The van der Waals surface area contributed by atoms with E-state index in [9.17, 15) is 8.42 Å². The van der Waals surface area contributed by atoms with E-state index in [1.165, 1.54) is 11.1 Å². The van der Waals surface area contributed by atoms with Crippen molar-refractivity contribution in [2.75, 3.05) is 19.6 Å². The third kappa shape index (κ3) is 3.12. The van der Waals surface area contributed by atoms with Gasteiger partial charge in [0.25, 0.3) is 0 Å². The number of nitrogens with zero attached hydrogens (tertiary/aromatic N) is 2. The monoisotopic (exact) mass is 384 g/mol. The van der Waals surface area contributed by atoms with Crippen molar-refractivity contribution < 1.29 is 8.42 Å². The molecule has 0 spiro atoms. The molecular formula is C22H28N2O2S. The highest BCUT2D eigenvalue weighted by Crippen LogP contribution is 2.33. The average molecular weight is 385 g/mol. The molecule has 144 valence electrons. The summed E-state index contributed by atoms with van der Waals surface area (Å²) in [6.07, 6.45) is 1.05. The number of rotatable bonds is 3. The molecule has 0 unspecified atom stereocenters. The standard InChI is InChI=1S/C22H28N2O2S/c1-15-11-16(2)18(4)22(17(15)3)27(25,26)24-13-21(14-24)23-10-9-19-7-5-6-8-20(19)12-23/h5-8,11,21H,9-10,12-14H2,1-4H3. The molecule has 0 bridgehead atoms. The molecule has 2 heterocycles. The topological polar surface area (TPSA) is 40.6 Å². The quantitative estimate of drug-likeness (QED) is 0.815. The van der Waals surface area contributed by atoms with Crippen LogP contribution >= 0.6 is 0 Å². The van der Waals surface area contributed by atoms with Gasteiger partial charge in [0, 0.05) is 32.2 Å². The van der Waals surface area contributed by atoms with Crippen LogP contribution in [0.25, 0.3) is 0 Å². The van der Waals surface area contributed by atoms with Crippen molar-refractivity contribution in [2.45, 2.75) is 51.6 Å². The minimum Gasteiger partial charge on any atom is -0.293 e. The van der Waals surface area contributed by atoms with Crippen LogP contribution < -0.4 is 0 Å². The largest absolute Gasteiger partial charge is 0.293 e. The normalized spacial score (nSPS) is 19.0. The summed E-state index contributed by atoms with van der Waals surface area (Å²) in [5, 5.41) is 0. The minimum atomic E-state index is -3.43. The minimum absolute atomic E-state index is 0.319. The van der Waals surface area contributed by atoms with Crippen LogP contribution in [0, 0.1) is 27.7 Å². The zero-order valence-corrected chi connectivity index (χ0v) is 17.4. The Kier molecular flexibility index (Phi) is 4.65. The molecule has 0 radical (unpaired) electrons. The number of aryl methyl sites for hydroxylation is 2. The fraction of sp³-hybridized carbons (Fsp3) is 0.455. The highest BCUT2D eigenvalue weighted by atomic mass is 32.2. The van der Waals surface area contributed by atoms with Gasteiger partial charge in [-0.15, -0.1) is 0 Å². The molecule has 1 saturated heterocycles. The number of benzene rings is 2. The molecule has 5 heteroatoms. The van der Waals surface area contributed by atoms with Gasteiger partial charge in [0.2, 0.25) is 10.0 Å².